The molecule has 1 saturated carbocycles. The largest absolute Gasteiger partial charge is 0.345 e. The molecule has 10 heteroatoms. The zero-order valence-electron chi connectivity index (χ0n) is 23.3. The summed E-state index contributed by atoms with van der Waals surface area (Å²) in [4.78, 5) is 43.6. The standard InChI is InChI=1S/C30H38BrN7O2/c1-35-14-16-37(17-15-35)30(40)24-10-12-36(13-11-24)20-22-6-8-23(9-7-22)27(39)21-38(25-4-2-3-5-25)29-26(31)19-33-28(18-32)34-29/h6-9,19,24-25H,2-5,10-17,20-21H2,1H3. The molecule has 1 amide bonds. The second-order valence-electron chi connectivity index (χ2n) is 11.3. The minimum Gasteiger partial charge on any atom is -0.345 e. The van der Waals surface area contributed by atoms with Crippen molar-refractivity contribution in [1.82, 2.24) is 24.7 Å². The number of carbonyl (C=O) groups excluding carboxylic acids is 2. The topological polar surface area (TPSA) is 96.7 Å². The molecule has 5 rings (SSSR count). The molecule has 40 heavy (non-hydrogen) atoms. The Balaban J connectivity index is 1.16. The SMILES string of the molecule is CN1CCN(C(=O)C2CCN(Cc3ccc(C(=O)CN(c4nc(C#N)ncc4Br)C4CCCC4)cc3)CC2)CC1. The van der Waals surface area contributed by atoms with Crippen LogP contribution in [0.4, 0.5) is 5.82 Å². The second-order valence-corrected chi connectivity index (χ2v) is 12.2. The molecule has 0 radical (unpaired) electrons. The van der Waals surface area contributed by atoms with Gasteiger partial charge in [-0.05, 0) is 67.3 Å². The van der Waals surface area contributed by atoms with Gasteiger partial charge in [0.05, 0.1) is 11.0 Å². The van der Waals surface area contributed by atoms with Crippen molar-refractivity contribution in [3.63, 3.8) is 0 Å². The first-order valence-electron chi connectivity index (χ1n) is 14.4. The van der Waals surface area contributed by atoms with Gasteiger partial charge in [-0.15, -0.1) is 0 Å². The number of ketones is 1. The summed E-state index contributed by atoms with van der Waals surface area (Å²) < 4.78 is 0.690. The maximum Gasteiger partial charge on any atom is 0.234 e. The number of halogens is 1. The van der Waals surface area contributed by atoms with Gasteiger partial charge in [0.1, 0.15) is 11.9 Å². The third-order valence-corrected chi connectivity index (χ3v) is 9.17. The monoisotopic (exact) mass is 607 g/mol. The van der Waals surface area contributed by atoms with Gasteiger partial charge in [0, 0.05) is 56.4 Å². The number of nitrogens with zero attached hydrogens (tertiary/aromatic N) is 7. The van der Waals surface area contributed by atoms with Crippen molar-refractivity contribution in [2.24, 2.45) is 5.92 Å². The molecular weight excluding hydrogens is 570 g/mol. The third kappa shape index (κ3) is 6.88. The number of nitriles is 1. The van der Waals surface area contributed by atoms with Gasteiger partial charge in [-0.3, -0.25) is 14.5 Å². The van der Waals surface area contributed by atoms with Crippen molar-refractivity contribution in [3.05, 3.63) is 51.9 Å². The van der Waals surface area contributed by atoms with Crippen LogP contribution in [0.1, 0.15) is 60.3 Å². The van der Waals surface area contributed by atoms with Crippen molar-refractivity contribution in [1.29, 1.82) is 5.26 Å². The Morgan fingerprint density at radius 3 is 2.35 bits per heavy atom. The quantitative estimate of drug-likeness (QED) is 0.419. The van der Waals surface area contributed by atoms with Gasteiger partial charge in [0.15, 0.2) is 5.78 Å². The zero-order chi connectivity index (χ0) is 28.1. The molecule has 2 aliphatic heterocycles. The highest BCUT2D eigenvalue weighted by molar-refractivity contribution is 9.10. The summed E-state index contributed by atoms with van der Waals surface area (Å²) in [7, 11) is 2.11. The number of anilines is 1. The maximum absolute atomic E-state index is 13.4. The molecule has 0 N–H and O–H groups in total. The Labute approximate surface area is 245 Å². The Morgan fingerprint density at radius 1 is 1.02 bits per heavy atom. The van der Waals surface area contributed by atoms with Gasteiger partial charge in [0.25, 0.3) is 0 Å². The van der Waals surface area contributed by atoms with E-state index in [1.165, 1.54) is 5.56 Å². The first-order valence-corrected chi connectivity index (χ1v) is 15.2. The highest BCUT2D eigenvalue weighted by Crippen LogP contribution is 2.32. The normalized spacial score (nSPS) is 19.5. The fraction of sp³-hybridized carbons (Fsp3) is 0.567. The average Bonchev–Trinajstić information content (AvgIpc) is 3.52. The summed E-state index contributed by atoms with van der Waals surface area (Å²) in [5.74, 6) is 1.22. The molecule has 0 unspecified atom stereocenters. The van der Waals surface area contributed by atoms with Gasteiger partial charge in [0.2, 0.25) is 11.7 Å². The molecule has 0 spiro atoms. The molecule has 1 aliphatic carbocycles. The summed E-state index contributed by atoms with van der Waals surface area (Å²) >= 11 is 3.53. The maximum atomic E-state index is 13.4. The Bertz CT molecular complexity index is 1230. The number of piperidine rings is 1. The summed E-state index contributed by atoms with van der Waals surface area (Å²) in [6.07, 6.45) is 7.66. The number of benzene rings is 1. The van der Waals surface area contributed by atoms with Gasteiger partial charge in [-0.2, -0.15) is 5.26 Å². The summed E-state index contributed by atoms with van der Waals surface area (Å²) in [6, 6.07) is 10.2. The van der Waals surface area contributed by atoms with E-state index < -0.39 is 0 Å². The van der Waals surface area contributed by atoms with E-state index >= 15 is 0 Å². The van der Waals surface area contributed by atoms with E-state index in [0.29, 0.717) is 21.8 Å². The number of likely N-dealkylation sites (N-methyl/N-ethyl adjacent to an activating group) is 1. The molecule has 1 aromatic heterocycles. The molecule has 3 aliphatic rings. The molecule has 0 atom stereocenters. The lowest BCUT2D eigenvalue weighted by Gasteiger charge is -2.37. The third-order valence-electron chi connectivity index (χ3n) is 8.61. The smallest absolute Gasteiger partial charge is 0.234 e. The summed E-state index contributed by atoms with van der Waals surface area (Å²) in [6.45, 7) is 6.47. The summed E-state index contributed by atoms with van der Waals surface area (Å²) in [5.41, 5.74) is 1.85. The van der Waals surface area contributed by atoms with E-state index in [-0.39, 0.29) is 30.1 Å². The van der Waals surface area contributed by atoms with Crippen LogP contribution in [-0.4, -0.2) is 95.3 Å². The molecule has 0 bridgehead atoms. The van der Waals surface area contributed by atoms with E-state index in [4.69, 9.17) is 0 Å². The fourth-order valence-electron chi connectivity index (χ4n) is 6.13. The molecular formula is C30H38BrN7O2. The van der Waals surface area contributed by atoms with Crippen LogP contribution < -0.4 is 4.90 Å². The van der Waals surface area contributed by atoms with Crippen LogP contribution in [0.3, 0.4) is 0 Å². The minimum atomic E-state index is 0.0331. The fourth-order valence-corrected chi connectivity index (χ4v) is 6.55. The van der Waals surface area contributed by atoms with E-state index in [9.17, 15) is 14.9 Å². The van der Waals surface area contributed by atoms with Crippen LogP contribution in [-0.2, 0) is 11.3 Å². The highest BCUT2D eigenvalue weighted by atomic mass is 79.9. The van der Waals surface area contributed by atoms with Crippen molar-refractivity contribution < 1.29 is 9.59 Å². The molecule has 3 heterocycles. The van der Waals surface area contributed by atoms with Crippen molar-refractivity contribution in [2.75, 3.05) is 57.8 Å². The van der Waals surface area contributed by atoms with Gasteiger partial charge < -0.3 is 14.7 Å². The van der Waals surface area contributed by atoms with E-state index in [1.54, 1.807) is 6.20 Å². The zero-order valence-corrected chi connectivity index (χ0v) is 24.9. The van der Waals surface area contributed by atoms with Crippen LogP contribution in [0.15, 0.2) is 34.9 Å². The van der Waals surface area contributed by atoms with Crippen LogP contribution in [0.5, 0.6) is 0 Å². The van der Waals surface area contributed by atoms with Crippen molar-refractivity contribution >= 4 is 33.4 Å². The Morgan fingerprint density at radius 2 is 1.70 bits per heavy atom. The molecule has 9 nitrogen and oxygen atoms in total. The van der Waals surface area contributed by atoms with Crippen LogP contribution in [0, 0.1) is 17.2 Å². The second kappa shape index (κ2) is 13.2. The van der Waals surface area contributed by atoms with E-state index in [2.05, 4.69) is 47.6 Å². The van der Waals surface area contributed by atoms with Gasteiger partial charge >= 0.3 is 0 Å². The average molecular weight is 609 g/mol. The first kappa shape index (κ1) is 28.7. The molecule has 3 fully saturated rings. The van der Waals surface area contributed by atoms with Gasteiger partial charge in [-0.1, -0.05) is 37.1 Å². The Kier molecular flexibility index (Phi) is 9.45. The molecule has 2 saturated heterocycles. The van der Waals surface area contributed by atoms with Crippen molar-refractivity contribution in [2.45, 2.75) is 51.1 Å². The number of hydrogen-bond donors (Lipinski definition) is 0. The number of carbonyl (C=O) groups is 2. The number of rotatable bonds is 8. The highest BCUT2D eigenvalue weighted by Gasteiger charge is 2.30. The first-order chi connectivity index (χ1) is 19.4. The molecule has 1 aromatic carbocycles. The van der Waals surface area contributed by atoms with Crippen LogP contribution in [0.2, 0.25) is 0 Å². The summed E-state index contributed by atoms with van der Waals surface area (Å²) in [5, 5.41) is 9.31. The lowest BCUT2D eigenvalue weighted by atomic mass is 9.94. The predicted molar refractivity (Wildman–Crippen MR) is 157 cm³/mol. The number of hydrogen-bond acceptors (Lipinski definition) is 8. The number of amides is 1. The van der Waals surface area contributed by atoms with Crippen molar-refractivity contribution in [3.8, 4) is 6.07 Å². The lowest BCUT2D eigenvalue weighted by molar-refractivity contribution is -0.138. The number of Topliss-reactive ketones (excluding diaryl/α,β-unsaturated/α-hetero) is 1. The lowest BCUT2D eigenvalue weighted by Crippen LogP contribution is -2.50. The Hall–Kier alpha value is -2.87. The number of piperazine rings is 1. The number of likely N-dealkylation sites (tertiary alicyclic amines) is 1. The minimum absolute atomic E-state index is 0.0331. The van der Waals surface area contributed by atoms with Crippen LogP contribution >= 0.6 is 15.9 Å². The van der Waals surface area contributed by atoms with Crippen LogP contribution in [0.25, 0.3) is 0 Å². The van der Waals surface area contributed by atoms with E-state index in [1.807, 2.05) is 35.2 Å². The molecule has 212 valence electrons. The van der Waals surface area contributed by atoms with E-state index in [0.717, 1.165) is 84.3 Å². The predicted octanol–water partition coefficient (Wildman–Crippen LogP) is 3.73. The van der Waals surface area contributed by atoms with Gasteiger partial charge in [-0.25, -0.2) is 9.97 Å². The molecule has 2 aromatic rings. The number of aromatic nitrogens is 2.